The zero-order valence-electron chi connectivity index (χ0n) is 8.63. The van der Waals surface area contributed by atoms with Crippen LogP contribution in [0.1, 0.15) is 24.8 Å². The van der Waals surface area contributed by atoms with Crippen molar-refractivity contribution in [1.82, 2.24) is 10.2 Å². The van der Waals surface area contributed by atoms with E-state index in [-0.39, 0.29) is 0 Å². The smallest absolute Gasteiger partial charge is 0.132 e. The number of benzene rings is 1. The minimum Gasteiger partial charge on any atom is -0.330 e. The van der Waals surface area contributed by atoms with Crippen LogP contribution in [0, 0.1) is 0 Å². The molecule has 1 atom stereocenters. The Hall–Kier alpha value is -1.06. The lowest BCUT2D eigenvalue weighted by molar-refractivity contribution is 0.695. The van der Waals surface area contributed by atoms with Gasteiger partial charge in [-0.1, -0.05) is 30.7 Å². The van der Waals surface area contributed by atoms with E-state index < -0.39 is 0 Å². The van der Waals surface area contributed by atoms with Crippen LogP contribution >= 0.6 is 11.6 Å². The van der Waals surface area contributed by atoms with E-state index in [0.717, 1.165) is 17.3 Å². The third-order valence-electron chi connectivity index (χ3n) is 2.70. The number of nitrogens with one attached hydrogen (secondary N) is 1. The first-order valence-electron chi connectivity index (χ1n) is 5.06. The zero-order valence-corrected chi connectivity index (χ0v) is 9.38. The number of aromatic nitrogens is 2. The summed E-state index contributed by atoms with van der Waals surface area (Å²) in [4.78, 5) is 0. The van der Waals surface area contributed by atoms with E-state index in [1.165, 1.54) is 5.56 Å². The van der Waals surface area contributed by atoms with Crippen LogP contribution in [-0.2, 0) is 0 Å². The molecule has 0 aliphatic rings. The van der Waals surface area contributed by atoms with E-state index in [1.807, 2.05) is 12.1 Å². The second kappa shape index (κ2) is 4.21. The van der Waals surface area contributed by atoms with Gasteiger partial charge in [0.1, 0.15) is 5.15 Å². The van der Waals surface area contributed by atoms with Gasteiger partial charge < -0.3 is 5.73 Å². The molecular weight excluding hydrogens is 210 g/mol. The molecular formula is C11H14ClN3. The fraction of sp³-hybridized carbons (Fsp3) is 0.364. The highest BCUT2D eigenvalue weighted by atomic mass is 35.5. The van der Waals surface area contributed by atoms with Crippen molar-refractivity contribution in [3.63, 3.8) is 0 Å². The number of nitrogens with two attached hydrogens (primary N) is 1. The molecule has 4 heteroatoms. The van der Waals surface area contributed by atoms with Crippen LogP contribution in [0.5, 0.6) is 0 Å². The van der Waals surface area contributed by atoms with Crippen molar-refractivity contribution in [1.29, 1.82) is 0 Å². The summed E-state index contributed by atoms with van der Waals surface area (Å²) in [7, 11) is 0. The number of hydrogen-bond acceptors (Lipinski definition) is 2. The van der Waals surface area contributed by atoms with Gasteiger partial charge in [-0.25, -0.2) is 0 Å². The summed E-state index contributed by atoms with van der Waals surface area (Å²) in [5, 5.41) is 8.57. The fourth-order valence-corrected chi connectivity index (χ4v) is 2.12. The van der Waals surface area contributed by atoms with E-state index in [1.54, 1.807) is 0 Å². The Balaban J connectivity index is 2.54. The van der Waals surface area contributed by atoms with Crippen LogP contribution < -0.4 is 5.73 Å². The lowest BCUT2D eigenvalue weighted by Crippen LogP contribution is -2.04. The average molecular weight is 224 g/mol. The number of nitrogens with zero attached hydrogens (tertiary/aromatic N) is 1. The monoisotopic (exact) mass is 223 g/mol. The van der Waals surface area contributed by atoms with Crippen LogP contribution in [-0.4, -0.2) is 16.7 Å². The molecule has 0 spiro atoms. The highest BCUT2D eigenvalue weighted by Crippen LogP contribution is 2.30. The Morgan fingerprint density at radius 1 is 1.53 bits per heavy atom. The lowest BCUT2D eigenvalue weighted by atomic mass is 9.95. The van der Waals surface area contributed by atoms with Crippen molar-refractivity contribution in [3.05, 3.63) is 28.9 Å². The molecule has 1 aromatic heterocycles. The van der Waals surface area contributed by atoms with Crippen LogP contribution in [0.4, 0.5) is 0 Å². The summed E-state index contributed by atoms with van der Waals surface area (Å²) in [6.07, 6.45) is 0.959. The van der Waals surface area contributed by atoms with Gasteiger partial charge in [-0.3, -0.25) is 5.10 Å². The maximum atomic E-state index is 6.07. The van der Waals surface area contributed by atoms with E-state index in [2.05, 4.69) is 23.2 Å². The SMILES string of the molecule is CC(CCN)c1cccc2n[nH]c(Cl)c12. The van der Waals surface area contributed by atoms with Gasteiger partial charge in [0.15, 0.2) is 0 Å². The number of aromatic amines is 1. The summed E-state index contributed by atoms with van der Waals surface area (Å²) >= 11 is 6.07. The molecule has 0 saturated heterocycles. The molecule has 1 unspecified atom stereocenters. The molecule has 0 aliphatic heterocycles. The predicted octanol–water partition coefficient (Wildman–Crippen LogP) is 2.67. The molecule has 80 valence electrons. The van der Waals surface area contributed by atoms with Gasteiger partial charge in [-0.15, -0.1) is 0 Å². The Morgan fingerprint density at radius 2 is 2.33 bits per heavy atom. The Kier molecular flexibility index (Phi) is 2.93. The van der Waals surface area contributed by atoms with Gasteiger partial charge in [0.2, 0.25) is 0 Å². The van der Waals surface area contributed by atoms with Crippen LogP contribution in [0.25, 0.3) is 10.9 Å². The molecule has 1 aromatic carbocycles. The van der Waals surface area contributed by atoms with E-state index in [0.29, 0.717) is 17.6 Å². The normalized spacial score (nSPS) is 13.3. The molecule has 1 heterocycles. The minimum absolute atomic E-state index is 0.411. The van der Waals surface area contributed by atoms with Crippen molar-refractivity contribution in [3.8, 4) is 0 Å². The molecule has 2 aromatic rings. The Bertz CT molecular complexity index is 464. The standard InChI is InChI=1S/C11H14ClN3/c1-7(5-6-13)8-3-2-4-9-10(8)11(12)15-14-9/h2-4,7H,5-6,13H2,1H3,(H,14,15). The third-order valence-corrected chi connectivity index (χ3v) is 2.97. The maximum Gasteiger partial charge on any atom is 0.132 e. The predicted molar refractivity (Wildman–Crippen MR) is 63.2 cm³/mol. The van der Waals surface area contributed by atoms with E-state index in [4.69, 9.17) is 17.3 Å². The fourth-order valence-electron chi connectivity index (χ4n) is 1.87. The van der Waals surface area contributed by atoms with Crippen molar-refractivity contribution < 1.29 is 0 Å². The topological polar surface area (TPSA) is 54.7 Å². The van der Waals surface area contributed by atoms with Crippen LogP contribution in [0.3, 0.4) is 0 Å². The van der Waals surface area contributed by atoms with Crippen molar-refractivity contribution in [2.24, 2.45) is 5.73 Å². The van der Waals surface area contributed by atoms with Crippen molar-refractivity contribution in [2.75, 3.05) is 6.54 Å². The highest BCUT2D eigenvalue weighted by molar-refractivity contribution is 6.34. The van der Waals surface area contributed by atoms with Crippen LogP contribution in [0.2, 0.25) is 5.15 Å². The summed E-state index contributed by atoms with van der Waals surface area (Å²) in [5.41, 5.74) is 7.70. The van der Waals surface area contributed by atoms with Gasteiger partial charge in [-0.05, 0) is 30.5 Å². The van der Waals surface area contributed by atoms with Gasteiger partial charge >= 0.3 is 0 Å². The molecule has 0 fully saturated rings. The Labute approximate surface area is 93.6 Å². The molecule has 3 nitrogen and oxygen atoms in total. The number of rotatable bonds is 3. The number of halogens is 1. The van der Waals surface area contributed by atoms with E-state index >= 15 is 0 Å². The molecule has 0 radical (unpaired) electrons. The molecule has 0 saturated carbocycles. The largest absolute Gasteiger partial charge is 0.330 e. The summed E-state index contributed by atoms with van der Waals surface area (Å²) in [6, 6.07) is 6.04. The second-order valence-corrected chi connectivity index (χ2v) is 4.14. The minimum atomic E-state index is 0.411. The summed E-state index contributed by atoms with van der Waals surface area (Å²) in [5.74, 6) is 0.411. The average Bonchev–Trinajstić information content (AvgIpc) is 2.61. The van der Waals surface area contributed by atoms with Gasteiger partial charge in [-0.2, -0.15) is 5.10 Å². The molecule has 15 heavy (non-hydrogen) atoms. The number of H-pyrrole nitrogens is 1. The van der Waals surface area contributed by atoms with E-state index in [9.17, 15) is 0 Å². The van der Waals surface area contributed by atoms with Crippen molar-refractivity contribution >= 4 is 22.5 Å². The van der Waals surface area contributed by atoms with Crippen LogP contribution in [0.15, 0.2) is 18.2 Å². The first-order chi connectivity index (χ1) is 7.24. The number of fused-ring (bicyclic) bond motifs is 1. The Morgan fingerprint density at radius 3 is 3.07 bits per heavy atom. The summed E-state index contributed by atoms with van der Waals surface area (Å²) < 4.78 is 0. The first kappa shape index (κ1) is 10.5. The molecule has 2 rings (SSSR count). The molecule has 0 aliphatic carbocycles. The lowest BCUT2D eigenvalue weighted by Gasteiger charge is -2.11. The van der Waals surface area contributed by atoms with Gasteiger partial charge in [0.05, 0.1) is 5.52 Å². The van der Waals surface area contributed by atoms with Gasteiger partial charge in [0, 0.05) is 5.39 Å². The second-order valence-electron chi connectivity index (χ2n) is 3.76. The third kappa shape index (κ3) is 1.85. The van der Waals surface area contributed by atoms with Gasteiger partial charge in [0.25, 0.3) is 0 Å². The first-order valence-corrected chi connectivity index (χ1v) is 5.44. The quantitative estimate of drug-likeness (QED) is 0.841. The molecule has 0 bridgehead atoms. The molecule has 0 amide bonds. The molecule has 3 N–H and O–H groups in total. The highest BCUT2D eigenvalue weighted by Gasteiger charge is 2.12. The van der Waals surface area contributed by atoms with Crippen molar-refractivity contribution in [2.45, 2.75) is 19.3 Å². The number of hydrogen-bond donors (Lipinski definition) is 2. The summed E-state index contributed by atoms with van der Waals surface area (Å²) in [6.45, 7) is 2.85. The maximum absolute atomic E-state index is 6.07. The zero-order chi connectivity index (χ0) is 10.8.